The van der Waals surface area contributed by atoms with Gasteiger partial charge in [-0.1, -0.05) is 11.6 Å². The number of halogens is 1. The van der Waals surface area contributed by atoms with E-state index in [1.165, 1.54) is 0 Å². The first-order valence-electron chi connectivity index (χ1n) is 5.80. The van der Waals surface area contributed by atoms with Gasteiger partial charge >= 0.3 is 0 Å². The van der Waals surface area contributed by atoms with Crippen LogP contribution < -0.4 is 9.47 Å². The molecule has 1 fully saturated rings. The molecule has 88 valence electrons. The molecule has 2 aliphatic rings. The van der Waals surface area contributed by atoms with Crippen LogP contribution in [0.1, 0.15) is 31.2 Å². The van der Waals surface area contributed by atoms with Crippen molar-refractivity contribution in [3.63, 3.8) is 0 Å². The Balaban J connectivity index is 1.95. The normalized spacial score (nSPS) is 19.5. The minimum atomic E-state index is -0.461. The van der Waals surface area contributed by atoms with Crippen molar-refractivity contribution in [3.8, 4) is 17.6 Å². The molecule has 0 aromatic heterocycles. The van der Waals surface area contributed by atoms with Crippen molar-refractivity contribution >= 4 is 11.6 Å². The minimum Gasteiger partial charge on any atom is -0.448 e. The molecule has 0 radical (unpaired) electrons. The summed E-state index contributed by atoms with van der Waals surface area (Å²) in [5.41, 5.74) is 0.798. The van der Waals surface area contributed by atoms with Gasteiger partial charge < -0.3 is 9.47 Å². The number of nitrogens with zero attached hydrogens (tertiary/aromatic N) is 1. The van der Waals surface area contributed by atoms with E-state index in [4.69, 9.17) is 26.3 Å². The molecule has 0 unspecified atom stereocenters. The van der Waals surface area contributed by atoms with Gasteiger partial charge in [-0.3, -0.25) is 0 Å². The van der Waals surface area contributed by atoms with Crippen LogP contribution in [0.3, 0.4) is 0 Å². The molecular formula is C13H12ClNO2. The lowest BCUT2D eigenvalue weighted by atomic mass is 10.1. The molecule has 0 bridgehead atoms. The number of fused-ring (bicyclic) bond motifs is 1. The van der Waals surface area contributed by atoms with Gasteiger partial charge in [-0.15, -0.1) is 0 Å². The predicted octanol–water partition coefficient (Wildman–Crippen LogP) is 3.45. The molecule has 0 atom stereocenters. The maximum absolute atomic E-state index is 8.72. The fraction of sp³-hybridized carbons (Fsp3) is 0.462. The summed E-state index contributed by atoms with van der Waals surface area (Å²) in [6.45, 7) is 0. The first kappa shape index (κ1) is 10.7. The monoisotopic (exact) mass is 249 g/mol. The summed E-state index contributed by atoms with van der Waals surface area (Å²) >= 11 is 6.10. The summed E-state index contributed by atoms with van der Waals surface area (Å²) in [6, 6.07) is 5.68. The highest BCUT2D eigenvalue weighted by molar-refractivity contribution is 6.31. The Hall–Kier alpha value is -1.40. The Labute approximate surface area is 105 Å². The van der Waals surface area contributed by atoms with Crippen LogP contribution in [0.4, 0.5) is 0 Å². The number of rotatable bonds is 1. The van der Waals surface area contributed by atoms with Crippen molar-refractivity contribution in [2.75, 3.05) is 0 Å². The third kappa shape index (κ3) is 1.73. The van der Waals surface area contributed by atoms with Gasteiger partial charge in [-0.25, -0.2) is 0 Å². The molecule has 3 nitrogen and oxygen atoms in total. The highest BCUT2D eigenvalue weighted by Crippen LogP contribution is 2.48. The zero-order chi connectivity index (χ0) is 11.9. The molecule has 1 saturated carbocycles. The standard InChI is InChI=1S/C13H12ClNO2/c14-10-8-12-11(7-9(10)3-6-15)16-13(17-12)4-1-2-5-13/h7-8H,1-5H2. The summed E-state index contributed by atoms with van der Waals surface area (Å²) in [5, 5.41) is 9.29. The summed E-state index contributed by atoms with van der Waals surface area (Å²) < 4.78 is 11.8. The number of benzene rings is 1. The van der Waals surface area contributed by atoms with Crippen LogP contribution in [-0.2, 0) is 6.42 Å². The molecule has 3 rings (SSSR count). The zero-order valence-corrected chi connectivity index (χ0v) is 10.1. The minimum absolute atomic E-state index is 0.294. The van der Waals surface area contributed by atoms with Crippen LogP contribution in [0.25, 0.3) is 0 Å². The van der Waals surface area contributed by atoms with Gasteiger partial charge in [0.25, 0.3) is 5.79 Å². The second kappa shape index (κ2) is 3.82. The molecule has 0 amide bonds. The van der Waals surface area contributed by atoms with Gasteiger partial charge in [-0.2, -0.15) is 5.26 Å². The first-order chi connectivity index (χ1) is 8.22. The Morgan fingerprint density at radius 1 is 1.24 bits per heavy atom. The summed E-state index contributed by atoms with van der Waals surface area (Å²) in [5.74, 6) is 0.969. The van der Waals surface area contributed by atoms with Gasteiger partial charge in [0.2, 0.25) is 0 Å². The maximum atomic E-state index is 8.72. The molecule has 0 saturated heterocycles. The third-order valence-electron chi connectivity index (χ3n) is 3.34. The van der Waals surface area contributed by atoms with Crippen LogP contribution in [0, 0.1) is 11.3 Å². The van der Waals surface area contributed by atoms with E-state index in [-0.39, 0.29) is 0 Å². The van der Waals surface area contributed by atoms with Crippen LogP contribution in [0.15, 0.2) is 12.1 Å². The molecule has 0 N–H and O–H groups in total. The van der Waals surface area contributed by atoms with Gasteiger partial charge in [-0.05, 0) is 24.5 Å². The van der Waals surface area contributed by atoms with Crippen molar-refractivity contribution in [2.24, 2.45) is 0 Å². The lowest BCUT2D eigenvalue weighted by Gasteiger charge is -2.21. The predicted molar refractivity (Wildman–Crippen MR) is 63.2 cm³/mol. The molecule has 4 heteroatoms. The average molecular weight is 250 g/mol. The highest BCUT2D eigenvalue weighted by Gasteiger charge is 2.44. The average Bonchev–Trinajstić information content (AvgIpc) is 2.87. The highest BCUT2D eigenvalue weighted by atomic mass is 35.5. The fourth-order valence-electron chi connectivity index (χ4n) is 2.50. The number of ether oxygens (including phenoxy) is 2. The molecule has 1 aliphatic carbocycles. The smallest absolute Gasteiger partial charge is 0.251 e. The zero-order valence-electron chi connectivity index (χ0n) is 9.33. The summed E-state index contributed by atoms with van der Waals surface area (Å²) in [6.07, 6.45) is 4.40. The van der Waals surface area contributed by atoms with Crippen molar-refractivity contribution in [2.45, 2.75) is 37.9 Å². The molecular weight excluding hydrogens is 238 g/mol. The van der Waals surface area contributed by atoms with E-state index in [2.05, 4.69) is 6.07 Å². The molecule has 1 aliphatic heterocycles. The van der Waals surface area contributed by atoms with E-state index in [1.807, 2.05) is 6.07 Å². The SMILES string of the molecule is N#CCc1cc2c(cc1Cl)OC1(CCCC1)O2. The quantitative estimate of drug-likeness (QED) is 0.766. The van der Waals surface area contributed by atoms with E-state index < -0.39 is 5.79 Å². The van der Waals surface area contributed by atoms with E-state index in [0.29, 0.717) is 17.2 Å². The van der Waals surface area contributed by atoms with Gasteiger partial charge in [0, 0.05) is 23.9 Å². The van der Waals surface area contributed by atoms with Crippen molar-refractivity contribution in [1.82, 2.24) is 0 Å². The van der Waals surface area contributed by atoms with Crippen molar-refractivity contribution in [3.05, 3.63) is 22.7 Å². The number of hydrogen-bond donors (Lipinski definition) is 0. The molecule has 1 heterocycles. The first-order valence-corrected chi connectivity index (χ1v) is 6.18. The summed E-state index contributed by atoms with van der Waals surface area (Å²) in [4.78, 5) is 0. The van der Waals surface area contributed by atoms with E-state index in [9.17, 15) is 0 Å². The summed E-state index contributed by atoms with van der Waals surface area (Å²) in [7, 11) is 0. The largest absolute Gasteiger partial charge is 0.448 e. The number of hydrogen-bond acceptors (Lipinski definition) is 3. The lowest BCUT2D eigenvalue weighted by Crippen LogP contribution is -2.34. The maximum Gasteiger partial charge on any atom is 0.251 e. The second-order valence-corrected chi connectivity index (χ2v) is 4.95. The molecule has 1 aromatic carbocycles. The van der Waals surface area contributed by atoms with Crippen LogP contribution >= 0.6 is 11.6 Å². The van der Waals surface area contributed by atoms with Gasteiger partial charge in [0.05, 0.1) is 12.5 Å². The molecule has 1 aromatic rings. The van der Waals surface area contributed by atoms with E-state index >= 15 is 0 Å². The second-order valence-electron chi connectivity index (χ2n) is 4.55. The Bertz CT molecular complexity index is 501. The fourth-order valence-corrected chi connectivity index (χ4v) is 2.72. The van der Waals surface area contributed by atoms with Crippen LogP contribution in [0.5, 0.6) is 11.5 Å². The Morgan fingerprint density at radius 3 is 2.53 bits per heavy atom. The Morgan fingerprint density at radius 2 is 1.88 bits per heavy atom. The van der Waals surface area contributed by atoms with Gasteiger partial charge in [0.15, 0.2) is 11.5 Å². The lowest BCUT2D eigenvalue weighted by molar-refractivity contribution is -0.0716. The molecule has 1 spiro atoms. The van der Waals surface area contributed by atoms with E-state index in [1.54, 1.807) is 6.07 Å². The Kier molecular flexibility index (Phi) is 2.41. The van der Waals surface area contributed by atoms with Crippen molar-refractivity contribution in [1.29, 1.82) is 5.26 Å². The third-order valence-corrected chi connectivity index (χ3v) is 3.69. The van der Waals surface area contributed by atoms with E-state index in [0.717, 1.165) is 37.0 Å². The molecule has 17 heavy (non-hydrogen) atoms. The number of nitriles is 1. The van der Waals surface area contributed by atoms with Crippen LogP contribution in [-0.4, -0.2) is 5.79 Å². The van der Waals surface area contributed by atoms with Crippen LogP contribution in [0.2, 0.25) is 5.02 Å². The van der Waals surface area contributed by atoms with Gasteiger partial charge in [0.1, 0.15) is 0 Å². The van der Waals surface area contributed by atoms with Crippen molar-refractivity contribution < 1.29 is 9.47 Å². The topological polar surface area (TPSA) is 42.2 Å².